The van der Waals surface area contributed by atoms with Crippen LogP contribution in [-0.2, 0) is 6.61 Å². The summed E-state index contributed by atoms with van der Waals surface area (Å²) in [4.78, 5) is 0. The third kappa shape index (κ3) is 3.06. The largest absolute Gasteiger partial charge is 0.489 e. The number of nitrogens with two attached hydrogens (primary N) is 1. The summed E-state index contributed by atoms with van der Waals surface area (Å²) in [5.41, 5.74) is 8.70. The van der Waals surface area contributed by atoms with E-state index in [0.29, 0.717) is 6.61 Å². The lowest BCUT2D eigenvalue weighted by Crippen LogP contribution is -1.99. The molecule has 0 fully saturated rings. The van der Waals surface area contributed by atoms with Crippen LogP contribution in [0.15, 0.2) is 45.3 Å². The highest BCUT2D eigenvalue weighted by atomic mass is 79.9. The monoisotopic (exact) mass is 369 g/mol. The summed E-state index contributed by atoms with van der Waals surface area (Å²) in [6.45, 7) is 2.52. The zero-order valence-corrected chi connectivity index (χ0v) is 13.1. The zero-order valence-electron chi connectivity index (χ0n) is 9.91. The Kier molecular flexibility index (Phi) is 4.30. The number of nitrogen functional groups attached to an aromatic ring is 1. The molecule has 4 heteroatoms. The Morgan fingerprint density at radius 2 is 1.94 bits per heavy atom. The Labute approximate surface area is 123 Å². The maximum atomic E-state index is 5.83. The molecule has 2 nitrogen and oxygen atoms in total. The lowest BCUT2D eigenvalue weighted by atomic mass is 10.2. The van der Waals surface area contributed by atoms with Crippen LogP contribution in [0.1, 0.15) is 11.1 Å². The molecule has 0 saturated carbocycles. The van der Waals surface area contributed by atoms with Crippen LogP contribution >= 0.6 is 31.9 Å². The van der Waals surface area contributed by atoms with Gasteiger partial charge in [-0.15, -0.1) is 0 Å². The van der Waals surface area contributed by atoms with Crippen molar-refractivity contribution < 1.29 is 4.74 Å². The molecule has 2 rings (SSSR count). The highest BCUT2D eigenvalue weighted by Crippen LogP contribution is 2.27. The van der Waals surface area contributed by atoms with Crippen molar-refractivity contribution >= 4 is 37.5 Å². The highest BCUT2D eigenvalue weighted by Gasteiger charge is 2.05. The van der Waals surface area contributed by atoms with Crippen molar-refractivity contribution in [3.63, 3.8) is 0 Å². The highest BCUT2D eigenvalue weighted by molar-refractivity contribution is 9.11. The van der Waals surface area contributed by atoms with E-state index in [4.69, 9.17) is 10.5 Å². The van der Waals surface area contributed by atoms with E-state index in [1.54, 1.807) is 0 Å². The molecule has 2 N–H and O–H groups in total. The Hall–Kier alpha value is -1.00. The molecule has 0 aliphatic heterocycles. The van der Waals surface area contributed by atoms with Crippen molar-refractivity contribution in [2.24, 2.45) is 0 Å². The van der Waals surface area contributed by atoms with Crippen LogP contribution in [0.3, 0.4) is 0 Å². The Morgan fingerprint density at radius 3 is 2.67 bits per heavy atom. The number of hydrogen-bond donors (Lipinski definition) is 1. The van der Waals surface area contributed by atoms with E-state index in [-0.39, 0.29) is 0 Å². The van der Waals surface area contributed by atoms with Gasteiger partial charge in [-0.1, -0.05) is 28.1 Å². The van der Waals surface area contributed by atoms with Gasteiger partial charge in [0.05, 0.1) is 0 Å². The molecule has 0 heterocycles. The Morgan fingerprint density at radius 1 is 1.17 bits per heavy atom. The molecular formula is C14H13Br2NO. The van der Waals surface area contributed by atoms with Gasteiger partial charge >= 0.3 is 0 Å². The van der Waals surface area contributed by atoms with Gasteiger partial charge in [0.1, 0.15) is 12.4 Å². The molecule has 94 valence electrons. The predicted molar refractivity (Wildman–Crippen MR) is 81.8 cm³/mol. The maximum absolute atomic E-state index is 5.83. The molecule has 18 heavy (non-hydrogen) atoms. The minimum Gasteiger partial charge on any atom is -0.489 e. The molecule has 0 amide bonds. The summed E-state index contributed by atoms with van der Waals surface area (Å²) in [7, 11) is 0. The molecule has 0 bridgehead atoms. The van der Waals surface area contributed by atoms with E-state index in [2.05, 4.69) is 31.9 Å². The first-order chi connectivity index (χ1) is 8.58. The SMILES string of the molecule is Cc1cc(Br)ccc1OCc1cccc(N)c1Br. The van der Waals surface area contributed by atoms with Gasteiger partial charge in [0.2, 0.25) is 0 Å². The minimum absolute atomic E-state index is 0.494. The first-order valence-electron chi connectivity index (χ1n) is 5.50. The fraction of sp³-hybridized carbons (Fsp3) is 0.143. The number of hydrogen-bond acceptors (Lipinski definition) is 2. The summed E-state index contributed by atoms with van der Waals surface area (Å²) in [6.07, 6.45) is 0. The Bertz CT molecular complexity index is 570. The maximum Gasteiger partial charge on any atom is 0.122 e. The van der Waals surface area contributed by atoms with Crippen LogP contribution in [0.4, 0.5) is 5.69 Å². The van der Waals surface area contributed by atoms with Crippen LogP contribution in [-0.4, -0.2) is 0 Å². The third-order valence-corrected chi connectivity index (χ3v) is 4.09. The van der Waals surface area contributed by atoms with Gasteiger partial charge in [0, 0.05) is 20.2 Å². The average Bonchev–Trinajstić information content (AvgIpc) is 2.33. The van der Waals surface area contributed by atoms with Crippen molar-refractivity contribution in [3.05, 3.63) is 56.5 Å². The van der Waals surface area contributed by atoms with Crippen LogP contribution in [0.2, 0.25) is 0 Å². The number of benzene rings is 2. The van der Waals surface area contributed by atoms with Crippen LogP contribution in [0, 0.1) is 6.92 Å². The van der Waals surface area contributed by atoms with Crippen molar-refractivity contribution in [1.82, 2.24) is 0 Å². The molecule has 2 aromatic rings. The first-order valence-corrected chi connectivity index (χ1v) is 7.08. The lowest BCUT2D eigenvalue weighted by molar-refractivity contribution is 0.303. The van der Waals surface area contributed by atoms with Gasteiger partial charge in [-0.3, -0.25) is 0 Å². The number of halogens is 2. The summed E-state index contributed by atoms with van der Waals surface area (Å²) >= 11 is 6.91. The normalized spacial score (nSPS) is 10.4. The molecule has 0 aliphatic rings. The molecule has 0 unspecified atom stereocenters. The number of anilines is 1. The number of aryl methyl sites for hydroxylation is 1. The molecule has 0 atom stereocenters. The molecule has 0 saturated heterocycles. The van der Waals surface area contributed by atoms with E-state index in [1.165, 1.54) is 0 Å². The van der Waals surface area contributed by atoms with Gasteiger partial charge in [0.25, 0.3) is 0 Å². The van der Waals surface area contributed by atoms with Crippen LogP contribution in [0.5, 0.6) is 5.75 Å². The van der Waals surface area contributed by atoms with Crippen LogP contribution < -0.4 is 10.5 Å². The minimum atomic E-state index is 0.494. The molecule has 0 radical (unpaired) electrons. The van der Waals surface area contributed by atoms with E-state index < -0.39 is 0 Å². The van der Waals surface area contributed by atoms with Gasteiger partial charge in [-0.05, 0) is 52.7 Å². The standard InChI is InChI=1S/C14H13Br2NO/c1-9-7-11(15)5-6-13(9)18-8-10-3-2-4-12(17)14(10)16/h2-7H,8,17H2,1H3. The topological polar surface area (TPSA) is 35.2 Å². The predicted octanol–water partition coefficient (Wildman–Crippen LogP) is 4.68. The second kappa shape index (κ2) is 5.76. The van der Waals surface area contributed by atoms with Crippen LogP contribution in [0.25, 0.3) is 0 Å². The fourth-order valence-electron chi connectivity index (χ4n) is 1.64. The average molecular weight is 371 g/mol. The van der Waals surface area contributed by atoms with E-state index >= 15 is 0 Å². The summed E-state index contributed by atoms with van der Waals surface area (Å²) < 4.78 is 7.76. The van der Waals surface area contributed by atoms with Crippen molar-refractivity contribution in [2.45, 2.75) is 13.5 Å². The zero-order chi connectivity index (χ0) is 13.1. The number of rotatable bonds is 3. The van der Waals surface area contributed by atoms with Crippen molar-refractivity contribution in [2.75, 3.05) is 5.73 Å². The third-order valence-electron chi connectivity index (χ3n) is 2.63. The molecule has 2 aromatic carbocycles. The van der Waals surface area contributed by atoms with E-state index in [9.17, 15) is 0 Å². The smallest absolute Gasteiger partial charge is 0.122 e. The fourth-order valence-corrected chi connectivity index (χ4v) is 2.50. The van der Waals surface area contributed by atoms with Gasteiger partial charge in [-0.25, -0.2) is 0 Å². The molecule has 0 aromatic heterocycles. The van der Waals surface area contributed by atoms with Gasteiger partial charge in [0.15, 0.2) is 0 Å². The summed E-state index contributed by atoms with van der Waals surface area (Å²) in [5, 5.41) is 0. The summed E-state index contributed by atoms with van der Waals surface area (Å²) in [6, 6.07) is 11.7. The first kappa shape index (κ1) is 13.4. The van der Waals surface area contributed by atoms with Crippen molar-refractivity contribution in [1.29, 1.82) is 0 Å². The Balaban J connectivity index is 2.14. The molecular weight excluding hydrogens is 358 g/mol. The summed E-state index contributed by atoms with van der Waals surface area (Å²) in [5.74, 6) is 0.882. The quantitative estimate of drug-likeness (QED) is 0.796. The lowest BCUT2D eigenvalue weighted by Gasteiger charge is -2.11. The number of ether oxygens (including phenoxy) is 1. The van der Waals surface area contributed by atoms with E-state index in [0.717, 1.165) is 31.5 Å². The molecule has 0 spiro atoms. The second-order valence-electron chi connectivity index (χ2n) is 4.02. The van der Waals surface area contributed by atoms with E-state index in [1.807, 2.05) is 43.3 Å². The van der Waals surface area contributed by atoms with Gasteiger partial charge in [-0.2, -0.15) is 0 Å². The van der Waals surface area contributed by atoms with Gasteiger partial charge < -0.3 is 10.5 Å². The molecule has 0 aliphatic carbocycles. The second-order valence-corrected chi connectivity index (χ2v) is 5.73. The van der Waals surface area contributed by atoms with Crippen molar-refractivity contribution in [3.8, 4) is 5.75 Å².